The fourth-order valence-electron chi connectivity index (χ4n) is 5.99. The minimum absolute atomic E-state index is 0.0731. The van der Waals surface area contributed by atoms with Crippen LogP contribution in [0.2, 0.25) is 0 Å². The topological polar surface area (TPSA) is 136 Å². The van der Waals surface area contributed by atoms with Crippen molar-refractivity contribution in [1.29, 1.82) is 0 Å². The number of terminal acetylenes is 1. The van der Waals surface area contributed by atoms with Crippen molar-refractivity contribution in [3.63, 3.8) is 0 Å². The number of carbonyl (C=O) groups is 2. The van der Waals surface area contributed by atoms with E-state index in [0.717, 1.165) is 31.2 Å². The highest BCUT2D eigenvalue weighted by Gasteiger charge is 2.34. The van der Waals surface area contributed by atoms with Gasteiger partial charge in [0.15, 0.2) is 9.84 Å². The second kappa shape index (κ2) is 19.9. The lowest BCUT2D eigenvalue weighted by Crippen LogP contribution is -2.56. The molecule has 254 valence electrons. The fraction of sp³-hybridized carbons (Fsp3) is 0.714. The van der Waals surface area contributed by atoms with Crippen LogP contribution in [0.3, 0.4) is 0 Å². The Bertz CT molecular complexity index is 1160. The van der Waals surface area contributed by atoms with E-state index in [0.29, 0.717) is 31.8 Å². The van der Waals surface area contributed by atoms with Crippen LogP contribution in [-0.2, 0) is 25.8 Å². The van der Waals surface area contributed by atoms with Gasteiger partial charge in [-0.3, -0.25) is 9.59 Å². The van der Waals surface area contributed by atoms with Crippen LogP contribution in [0.15, 0.2) is 30.3 Å². The lowest BCUT2D eigenvalue weighted by Gasteiger charge is -2.33. The third kappa shape index (κ3) is 14.7. The smallest absolute Gasteiger partial charge is 0.242 e. The van der Waals surface area contributed by atoms with Gasteiger partial charge in [0, 0.05) is 13.0 Å². The van der Waals surface area contributed by atoms with E-state index >= 15 is 0 Å². The number of hydrogen-bond acceptors (Lipinski definition) is 7. The molecule has 5 atom stereocenters. The standard InChI is InChI=1S/C35H57N3O6S/c1-6-8-19-30(35(42)37-31(24-28-17-13-10-14-18-28)33(40)32(39)22-26(3)4)36-34(41)29(23-27-15-11-9-12-16-27)25-45(43,44)21-20-38(5)7-2/h1,9,11-12,15-16,26,28-33,39-40H,7-8,10,13-14,17-25H2,2-5H3,(H,36,41)(H,37,42)/t29?,30-,31?,32?,33+/m0/s1. The Morgan fingerprint density at radius 2 is 1.73 bits per heavy atom. The van der Waals surface area contributed by atoms with Crippen molar-refractivity contribution in [2.45, 2.75) is 109 Å². The zero-order valence-corrected chi connectivity index (χ0v) is 28.6. The number of hydrogen-bond donors (Lipinski definition) is 4. The third-order valence-electron chi connectivity index (χ3n) is 8.84. The summed E-state index contributed by atoms with van der Waals surface area (Å²) in [6, 6.07) is 7.50. The average Bonchev–Trinajstić information content (AvgIpc) is 3.01. The predicted octanol–water partition coefficient (Wildman–Crippen LogP) is 3.33. The number of carbonyl (C=O) groups excluding carboxylic acids is 2. The average molecular weight is 648 g/mol. The van der Waals surface area contributed by atoms with E-state index < -0.39 is 51.9 Å². The highest BCUT2D eigenvalue weighted by Crippen LogP contribution is 2.29. The van der Waals surface area contributed by atoms with Gasteiger partial charge in [0.05, 0.1) is 29.6 Å². The van der Waals surface area contributed by atoms with Crippen LogP contribution in [0.5, 0.6) is 0 Å². The maximum atomic E-state index is 13.8. The number of benzene rings is 1. The quantitative estimate of drug-likeness (QED) is 0.160. The highest BCUT2D eigenvalue weighted by molar-refractivity contribution is 7.91. The summed E-state index contributed by atoms with van der Waals surface area (Å²) in [5, 5.41) is 27.7. The predicted molar refractivity (Wildman–Crippen MR) is 180 cm³/mol. The molecule has 9 nitrogen and oxygen atoms in total. The Kier molecular flexibility index (Phi) is 17.2. The Hall–Kier alpha value is -2.45. The molecule has 2 rings (SSSR count). The molecule has 10 heteroatoms. The van der Waals surface area contributed by atoms with E-state index in [2.05, 4.69) is 16.6 Å². The molecule has 0 heterocycles. The van der Waals surface area contributed by atoms with Gasteiger partial charge in [0.25, 0.3) is 0 Å². The molecule has 0 spiro atoms. The summed E-state index contributed by atoms with van der Waals surface area (Å²) >= 11 is 0. The van der Waals surface area contributed by atoms with Crippen LogP contribution < -0.4 is 10.6 Å². The molecule has 3 unspecified atom stereocenters. The summed E-state index contributed by atoms with van der Waals surface area (Å²) in [5.74, 6) is 0.629. The van der Waals surface area contributed by atoms with E-state index in [9.17, 15) is 28.2 Å². The molecule has 0 radical (unpaired) electrons. The van der Waals surface area contributed by atoms with Crippen molar-refractivity contribution in [3.05, 3.63) is 35.9 Å². The second-order valence-corrected chi connectivity index (χ2v) is 15.5. The minimum atomic E-state index is -3.59. The lowest BCUT2D eigenvalue weighted by atomic mass is 9.82. The van der Waals surface area contributed by atoms with Gasteiger partial charge in [-0.25, -0.2) is 8.42 Å². The summed E-state index contributed by atoms with van der Waals surface area (Å²) in [6.07, 6.45) is 10.2. The SMILES string of the molecule is C#CCC[C@H](NC(=O)C(Cc1ccccc1)CS(=O)(=O)CCN(C)CC)C(=O)NC(CC1CCCCC1)[C@@H](O)C(O)CC(C)C. The van der Waals surface area contributed by atoms with Gasteiger partial charge in [0.2, 0.25) is 11.8 Å². The zero-order valence-electron chi connectivity index (χ0n) is 27.8. The molecule has 1 aliphatic rings. The van der Waals surface area contributed by atoms with Gasteiger partial charge in [0.1, 0.15) is 12.1 Å². The van der Waals surface area contributed by atoms with E-state index in [1.807, 2.05) is 63.1 Å². The van der Waals surface area contributed by atoms with Crippen molar-refractivity contribution >= 4 is 21.7 Å². The van der Waals surface area contributed by atoms with Gasteiger partial charge in [-0.15, -0.1) is 12.3 Å². The number of rotatable bonds is 20. The van der Waals surface area contributed by atoms with Crippen LogP contribution in [0, 0.1) is 30.1 Å². The second-order valence-electron chi connectivity index (χ2n) is 13.2. The van der Waals surface area contributed by atoms with E-state index in [4.69, 9.17) is 6.42 Å². The molecule has 2 amide bonds. The maximum absolute atomic E-state index is 13.8. The molecule has 1 aromatic rings. The first-order chi connectivity index (χ1) is 21.3. The maximum Gasteiger partial charge on any atom is 0.242 e. The van der Waals surface area contributed by atoms with Crippen LogP contribution >= 0.6 is 0 Å². The Morgan fingerprint density at radius 3 is 2.33 bits per heavy atom. The molecule has 45 heavy (non-hydrogen) atoms. The minimum Gasteiger partial charge on any atom is -0.390 e. The number of aliphatic hydroxyl groups is 2. The molecule has 1 fully saturated rings. The van der Waals surface area contributed by atoms with Crippen molar-refractivity contribution in [3.8, 4) is 12.3 Å². The van der Waals surface area contributed by atoms with Crippen LogP contribution in [0.25, 0.3) is 0 Å². The van der Waals surface area contributed by atoms with E-state index in [1.54, 1.807) is 0 Å². The summed E-state index contributed by atoms with van der Waals surface area (Å²) in [5.41, 5.74) is 0.818. The van der Waals surface area contributed by atoms with Crippen LogP contribution in [0.1, 0.15) is 84.1 Å². The van der Waals surface area contributed by atoms with Gasteiger partial charge >= 0.3 is 0 Å². The van der Waals surface area contributed by atoms with Crippen molar-refractivity contribution in [2.24, 2.45) is 17.8 Å². The summed E-state index contributed by atoms with van der Waals surface area (Å²) in [6.45, 7) is 6.94. The Morgan fingerprint density at radius 1 is 1.07 bits per heavy atom. The molecule has 4 N–H and O–H groups in total. The number of amides is 2. The first-order valence-corrected chi connectivity index (χ1v) is 18.5. The molecule has 0 saturated heterocycles. The monoisotopic (exact) mass is 647 g/mol. The van der Waals surface area contributed by atoms with Gasteiger partial charge < -0.3 is 25.7 Å². The Balaban J connectivity index is 2.27. The van der Waals surface area contributed by atoms with Gasteiger partial charge in [-0.1, -0.05) is 83.2 Å². The molecule has 0 aliphatic heterocycles. The number of sulfone groups is 1. The van der Waals surface area contributed by atoms with Crippen molar-refractivity contribution in [1.82, 2.24) is 15.5 Å². The molecule has 1 aromatic carbocycles. The first kappa shape index (κ1) is 38.7. The van der Waals surface area contributed by atoms with Crippen molar-refractivity contribution in [2.75, 3.05) is 31.6 Å². The van der Waals surface area contributed by atoms with E-state index in [-0.39, 0.29) is 36.7 Å². The summed E-state index contributed by atoms with van der Waals surface area (Å²) < 4.78 is 26.3. The zero-order chi connectivity index (χ0) is 33.4. The molecular formula is C35H57N3O6S. The molecule has 1 aliphatic carbocycles. The Labute approximate surface area is 271 Å². The molecular weight excluding hydrogens is 590 g/mol. The molecule has 1 saturated carbocycles. The number of aliphatic hydroxyl groups excluding tert-OH is 2. The summed E-state index contributed by atoms with van der Waals surface area (Å²) in [7, 11) is -1.74. The number of nitrogens with one attached hydrogen (secondary N) is 2. The first-order valence-electron chi connectivity index (χ1n) is 16.7. The van der Waals surface area contributed by atoms with Gasteiger partial charge in [-0.2, -0.15) is 0 Å². The lowest BCUT2D eigenvalue weighted by molar-refractivity contribution is -0.132. The van der Waals surface area contributed by atoms with Crippen LogP contribution in [-0.4, -0.2) is 91.3 Å². The highest BCUT2D eigenvalue weighted by atomic mass is 32.2. The molecule has 0 bridgehead atoms. The van der Waals surface area contributed by atoms with Crippen molar-refractivity contribution < 1.29 is 28.2 Å². The fourth-order valence-corrected chi connectivity index (χ4v) is 7.63. The molecule has 0 aromatic heterocycles. The largest absolute Gasteiger partial charge is 0.390 e. The van der Waals surface area contributed by atoms with Gasteiger partial charge in [-0.05, 0) is 56.7 Å². The number of nitrogens with zero attached hydrogens (tertiary/aromatic N) is 1. The summed E-state index contributed by atoms with van der Waals surface area (Å²) in [4.78, 5) is 29.4. The normalized spacial score (nSPS) is 17.7. The van der Waals surface area contributed by atoms with E-state index in [1.165, 1.54) is 6.42 Å². The third-order valence-corrected chi connectivity index (χ3v) is 10.6. The van der Waals surface area contributed by atoms with Crippen LogP contribution in [0.4, 0.5) is 0 Å².